The Bertz CT molecular complexity index is 1440. The lowest BCUT2D eigenvalue weighted by Crippen LogP contribution is -2.25. The molecular weight excluding hydrogens is 551 g/mol. The Morgan fingerprint density at radius 3 is 2.58 bits per heavy atom. The molecule has 0 saturated heterocycles. The standard InChI is InChI=1S/C24H26BrN4O6P/c1-24(2,3)21-20(31)19(23(32)29(21)11-13-5-4-6-14(25)9-13)22-27-16-8-7-15(35-12-18(26)30)10-17(16)36(33,34)28-22/h4-10,31-32H,11-12H2,1-3H3,(H2,26,30)(H2,27,28,33,34). The molecule has 0 fully saturated rings. The zero-order valence-electron chi connectivity index (χ0n) is 19.8. The summed E-state index contributed by atoms with van der Waals surface area (Å²) in [5.74, 6) is -1.21. The number of hydrogen-bond donors (Lipinski definition) is 5. The number of primary amides is 1. The second-order valence-electron chi connectivity index (χ2n) is 9.41. The Hall–Kier alpha value is -3.27. The maximum absolute atomic E-state index is 13.2. The number of carbonyl (C=O) groups is 1. The number of rotatable bonds is 6. The van der Waals surface area contributed by atoms with Gasteiger partial charge in [0, 0.05) is 9.89 Å². The number of ether oxygens (including phenoxy) is 1. The Balaban J connectivity index is 1.80. The van der Waals surface area contributed by atoms with E-state index >= 15 is 0 Å². The van der Waals surface area contributed by atoms with Gasteiger partial charge < -0.3 is 35.5 Å². The van der Waals surface area contributed by atoms with Crippen molar-refractivity contribution < 1.29 is 29.2 Å². The van der Waals surface area contributed by atoms with Gasteiger partial charge in [0.15, 0.2) is 18.2 Å². The molecule has 1 unspecified atom stereocenters. The van der Waals surface area contributed by atoms with Crippen LogP contribution in [0.3, 0.4) is 0 Å². The molecule has 2 aromatic carbocycles. The molecule has 1 amide bonds. The zero-order valence-corrected chi connectivity index (χ0v) is 22.3. The molecule has 0 spiro atoms. The van der Waals surface area contributed by atoms with Gasteiger partial charge in [0.2, 0.25) is 5.88 Å². The van der Waals surface area contributed by atoms with E-state index < -0.39 is 18.8 Å². The SMILES string of the molecule is CC(C)(C)c1c(O)c(C2=NP(=O)(O)c3cc(OCC(N)=O)ccc3N2)c(O)n1Cc1cccc(Br)c1. The van der Waals surface area contributed by atoms with E-state index in [1.54, 1.807) is 4.57 Å². The largest absolute Gasteiger partial charge is 0.505 e. The lowest BCUT2D eigenvalue weighted by molar-refractivity contribution is -0.119. The normalized spacial score (nSPS) is 17.2. The van der Waals surface area contributed by atoms with E-state index in [1.807, 2.05) is 45.0 Å². The van der Waals surface area contributed by atoms with Gasteiger partial charge in [-0.15, -0.1) is 0 Å². The van der Waals surface area contributed by atoms with Crippen molar-refractivity contribution in [1.82, 2.24) is 4.57 Å². The van der Waals surface area contributed by atoms with Crippen LogP contribution in [-0.2, 0) is 21.3 Å². The molecule has 0 aliphatic carbocycles. The van der Waals surface area contributed by atoms with Gasteiger partial charge >= 0.3 is 7.52 Å². The molecule has 10 nitrogen and oxygen atoms in total. The Labute approximate surface area is 216 Å². The van der Waals surface area contributed by atoms with E-state index in [1.165, 1.54) is 18.2 Å². The number of aromatic hydroxyl groups is 2. The number of fused-ring (bicyclic) bond motifs is 1. The zero-order chi connectivity index (χ0) is 26.4. The fourth-order valence-corrected chi connectivity index (χ4v) is 5.81. The fraction of sp³-hybridized carbons (Fsp3) is 0.250. The Morgan fingerprint density at radius 1 is 1.22 bits per heavy atom. The van der Waals surface area contributed by atoms with Gasteiger partial charge in [-0.1, -0.05) is 48.8 Å². The average Bonchev–Trinajstić information content (AvgIpc) is 3.01. The molecule has 190 valence electrons. The lowest BCUT2D eigenvalue weighted by atomic mass is 9.91. The number of carbonyl (C=O) groups excluding carboxylic acids is 1. The monoisotopic (exact) mass is 576 g/mol. The van der Waals surface area contributed by atoms with Crippen molar-refractivity contribution in [2.75, 3.05) is 11.9 Å². The summed E-state index contributed by atoms with van der Waals surface area (Å²) < 4.78 is 24.8. The summed E-state index contributed by atoms with van der Waals surface area (Å²) in [4.78, 5) is 21.7. The highest BCUT2D eigenvalue weighted by Crippen LogP contribution is 2.50. The third kappa shape index (κ3) is 5.00. The number of amides is 1. The number of amidine groups is 1. The van der Waals surface area contributed by atoms with Gasteiger partial charge in [-0.2, -0.15) is 4.76 Å². The van der Waals surface area contributed by atoms with Crippen LogP contribution in [0.25, 0.3) is 0 Å². The molecule has 4 rings (SSSR count). The quantitative estimate of drug-likeness (QED) is 0.280. The molecule has 1 atom stereocenters. The highest BCUT2D eigenvalue weighted by atomic mass is 79.9. The summed E-state index contributed by atoms with van der Waals surface area (Å²) in [7, 11) is -4.34. The Morgan fingerprint density at radius 2 is 1.94 bits per heavy atom. The van der Waals surface area contributed by atoms with Gasteiger partial charge in [0.25, 0.3) is 5.91 Å². The number of anilines is 1. The molecule has 0 bridgehead atoms. The fourth-order valence-electron chi connectivity index (χ4n) is 4.10. The minimum Gasteiger partial charge on any atom is -0.505 e. The topological polar surface area (TPSA) is 159 Å². The van der Waals surface area contributed by atoms with Crippen LogP contribution in [0.5, 0.6) is 17.4 Å². The van der Waals surface area contributed by atoms with Crippen molar-refractivity contribution in [2.45, 2.75) is 32.7 Å². The highest BCUT2D eigenvalue weighted by Gasteiger charge is 2.37. The molecule has 0 saturated carbocycles. The molecule has 6 N–H and O–H groups in total. The van der Waals surface area contributed by atoms with Crippen molar-refractivity contribution in [2.24, 2.45) is 10.5 Å². The van der Waals surface area contributed by atoms with Crippen molar-refractivity contribution in [1.29, 1.82) is 0 Å². The van der Waals surface area contributed by atoms with Crippen LogP contribution in [0.15, 0.2) is 51.7 Å². The molecule has 3 aromatic rings. The van der Waals surface area contributed by atoms with Crippen molar-refractivity contribution in [3.05, 3.63) is 63.8 Å². The maximum atomic E-state index is 13.2. The molecule has 1 aliphatic heterocycles. The smallest absolute Gasteiger partial charge is 0.346 e. The van der Waals surface area contributed by atoms with Crippen LogP contribution >= 0.6 is 23.4 Å². The first-order valence-electron chi connectivity index (χ1n) is 10.9. The first-order valence-corrected chi connectivity index (χ1v) is 13.3. The van der Waals surface area contributed by atoms with Gasteiger partial charge in [-0.05, 0) is 35.9 Å². The maximum Gasteiger partial charge on any atom is 0.346 e. The van der Waals surface area contributed by atoms with Crippen molar-refractivity contribution in [3.8, 4) is 17.4 Å². The van der Waals surface area contributed by atoms with Crippen LogP contribution in [-0.4, -0.2) is 38.0 Å². The number of aromatic nitrogens is 1. The molecule has 1 aliphatic rings. The van der Waals surface area contributed by atoms with Gasteiger partial charge in [0.1, 0.15) is 11.3 Å². The number of halogens is 1. The highest BCUT2D eigenvalue weighted by molar-refractivity contribution is 9.10. The van der Waals surface area contributed by atoms with Crippen LogP contribution in [0.4, 0.5) is 5.69 Å². The van der Waals surface area contributed by atoms with E-state index in [9.17, 15) is 24.5 Å². The summed E-state index contributed by atoms with van der Waals surface area (Å²) in [6, 6.07) is 11.8. The summed E-state index contributed by atoms with van der Waals surface area (Å²) in [6.45, 7) is 5.52. The van der Waals surface area contributed by atoms with Gasteiger partial charge in [0.05, 0.1) is 23.2 Å². The van der Waals surface area contributed by atoms with Crippen molar-refractivity contribution in [3.63, 3.8) is 0 Å². The van der Waals surface area contributed by atoms with Gasteiger partial charge in [-0.3, -0.25) is 9.36 Å². The van der Waals surface area contributed by atoms with Crippen LogP contribution in [0.1, 0.15) is 37.6 Å². The summed E-state index contributed by atoms with van der Waals surface area (Å²) in [5.41, 5.74) is 5.97. The molecule has 12 heteroatoms. The summed E-state index contributed by atoms with van der Waals surface area (Å²) in [6.07, 6.45) is 0. The second kappa shape index (κ2) is 9.31. The first-order chi connectivity index (χ1) is 16.8. The third-order valence-corrected chi connectivity index (χ3v) is 7.50. The molecule has 1 aromatic heterocycles. The Kier molecular flexibility index (Phi) is 6.68. The number of nitrogens with two attached hydrogens (primary N) is 1. The van der Waals surface area contributed by atoms with E-state index in [0.717, 1.165) is 10.0 Å². The predicted octanol–water partition coefficient (Wildman–Crippen LogP) is 3.55. The number of nitrogens with zero attached hydrogens (tertiary/aromatic N) is 2. The van der Waals surface area contributed by atoms with Crippen LogP contribution < -0.4 is 21.1 Å². The minimum absolute atomic E-state index is 0.0446. The van der Waals surface area contributed by atoms with E-state index in [-0.39, 0.29) is 52.9 Å². The number of nitrogens with one attached hydrogen (secondary N) is 1. The summed E-state index contributed by atoms with van der Waals surface area (Å²) in [5, 5.41) is 25.4. The second-order valence-corrected chi connectivity index (χ2v) is 12.1. The van der Waals surface area contributed by atoms with E-state index in [2.05, 4.69) is 26.0 Å². The molecule has 36 heavy (non-hydrogen) atoms. The predicted molar refractivity (Wildman–Crippen MR) is 140 cm³/mol. The third-order valence-electron chi connectivity index (χ3n) is 5.54. The summed E-state index contributed by atoms with van der Waals surface area (Å²) >= 11 is 3.44. The van der Waals surface area contributed by atoms with Crippen LogP contribution in [0, 0.1) is 0 Å². The lowest BCUT2D eigenvalue weighted by Gasteiger charge is -2.23. The molecular formula is C24H26BrN4O6P. The number of benzene rings is 2. The first kappa shape index (κ1) is 25.8. The minimum atomic E-state index is -4.34. The van der Waals surface area contributed by atoms with Crippen LogP contribution in [0.2, 0.25) is 0 Å². The van der Waals surface area contributed by atoms with E-state index in [4.69, 9.17) is 10.5 Å². The van der Waals surface area contributed by atoms with Crippen molar-refractivity contribution >= 4 is 46.2 Å². The van der Waals surface area contributed by atoms with E-state index in [0.29, 0.717) is 5.69 Å². The molecule has 2 heterocycles. The average molecular weight is 577 g/mol. The van der Waals surface area contributed by atoms with Gasteiger partial charge in [-0.25, -0.2) is 0 Å². The number of hydrogen-bond acceptors (Lipinski definition) is 6. The molecule has 0 radical (unpaired) electrons.